The van der Waals surface area contributed by atoms with E-state index in [4.69, 9.17) is 10.5 Å². The monoisotopic (exact) mass is 311 g/mol. The van der Waals surface area contributed by atoms with Gasteiger partial charge in [-0.25, -0.2) is 4.68 Å². The molecule has 0 saturated carbocycles. The van der Waals surface area contributed by atoms with Crippen LogP contribution in [-0.2, 0) is 11.3 Å². The van der Waals surface area contributed by atoms with Gasteiger partial charge in [0, 0.05) is 22.8 Å². The fourth-order valence-electron chi connectivity index (χ4n) is 1.59. The van der Waals surface area contributed by atoms with E-state index in [-0.39, 0.29) is 6.10 Å². The molecule has 1 unspecified atom stereocenters. The molecule has 96 valence electrons. The molecule has 0 aliphatic heterocycles. The van der Waals surface area contributed by atoms with Gasteiger partial charge in [0.1, 0.15) is 0 Å². The molecule has 18 heavy (non-hydrogen) atoms. The van der Waals surface area contributed by atoms with Gasteiger partial charge in [-0.15, -0.1) is 5.10 Å². The van der Waals surface area contributed by atoms with E-state index in [1.807, 2.05) is 25.1 Å². The SMILES string of the molecule is COC(C)Cn1nnnc1-c1cc(N)cc(Br)c1. The smallest absolute Gasteiger partial charge is 0.182 e. The Bertz CT molecular complexity index is 522. The zero-order valence-corrected chi connectivity index (χ0v) is 11.8. The average molecular weight is 312 g/mol. The Morgan fingerprint density at radius 3 is 2.89 bits per heavy atom. The second-order valence-corrected chi connectivity index (χ2v) is 4.92. The van der Waals surface area contributed by atoms with Gasteiger partial charge in [0.2, 0.25) is 0 Å². The van der Waals surface area contributed by atoms with Crippen molar-refractivity contribution in [2.24, 2.45) is 0 Å². The van der Waals surface area contributed by atoms with Crippen LogP contribution in [0.1, 0.15) is 6.92 Å². The summed E-state index contributed by atoms with van der Waals surface area (Å²) in [5, 5.41) is 11.7. The Hall–Kier alpha value is -1.47. The number of anilines is 1. The van der Waals surface area contributed by atoms with Gasteiger partial charge in [0.25, 0.3) is 0 Å². The van der Waals surface area contributed by atoms with Gasteiger partial charge >= 0.3 is 0 Å². The first kappa shape index (κ1) is 13.0. The van der Waals surface area contributed by atoms with Crippen molar-refractivity contribution in [3.63, 3.8) is 0 Å². The average Bonchev–Trinajstić information content (AvgIpc) is 2.75. The van der Waals surface area contributed by atoms with Crippen molar-refractivity contribution in [1.82, 2.24) is 20.2 Å². The highest BCUT2D eigenvalue weighted by Crippen LogP contribution is 2.24. The number of nitrogen functional groups attached to an aromatic ring is 1. The minimum atomic E-state index is 0.0387. The number of hydrogen-bond acceptors (Lipinski definition) is 5. The van der Waals surface area contributed by atoms with Crippen LogP contribution in [0, 0.1) is 0 Å². The van der Waals surface area contributed by atoms with E-state index < -0.39 is 0 Å². The third-order valence-electron chi connectivity index (χ3n) is 2.54. The van der Waals surface area contributed by atoms with Gasteiger partial charge in [-0.05, 0) is 35.5 Å². The largest absolute Gasteiger partial charge is 0.399 e. The van der Waals surface area contributed by atoms with Gasteiger partial charge in [-0.1, -0.05) is 15.9 Å². The standard InChI is InChI=1S/C11H14BrN5O/c1-7(18-2)6-17-11(14-15-16-17)8-3-9(12)5-10(13)4-8/h3-5,7H,6,13H2,1-2H3. The lowest BCUT2D eigenvalue weighted by Gasteiger charge is -2.10. The topological polar surface area (TPSA) is 78.8 Å². The molecule has 7 heteroatoms. The molecule has 0 spiro atoms. The van der Waals surface area contributed by atoms with Crippen LogP contribution in [0.4, 0.5) is 5.69 Å². The molecule has 0 saturated heterocycles. The summed E-state index contributed by atoms with van der Waals surface area (Å²) in [7, 11) is 1.66. The van der Waals surface area contributed by atoms with Gasteiger partial charge in [0.05, 0.1) is 12.6 Å². The van der Waals surface area contributed by atoms with Crippen molar-refractivity contribution in [1.29, 1.82) is 0 Å². The normalized spacial score (nSPS) is 12.6. The molecule has 0 radical (unpaired) electrons. The number of nitrogens with zero attached hydrogens (tertiary/aromatic N) is 4. The van der Waals surface area contributed by atoms with Crippen molar-refractivity contribution in [3.05, 3.63) is 22.7 Å². The number of ether oxygens (including phenoxy) is 1. The molecule has 1 aromatic carbocycles. The van der Waals surface area contributed by atoms with E-state index in [0.29, 0.717) is 18.1 Å². The van der Waals surface area contributed by atoms with Crippen molar-refractivity contribution in [2.45, 2.75) is 19.6 Å². The van der Waals surface area contributed by atoms with Crippen LogP contribution >= 0.6 is 15.9 Å². The lowest BCUT2D eigenvalue weighted by atomic mass is 10.2. The molecule has 0 amide bonds. The maximum absolute atomic E-state index is 5.81. The number of rotatable bonds is 4. The lowest BCUT2D eigenvalue weighted by molar-refractivity contribution is 0.0997. The number of nitrogens with two attached hydrogens (primary N) is 1. The van der Waals surface area contributed by atoms with Crippen molar-refractivity contribution >= 4 is 21.6 Å². The van der Waals surface area contributed by atoms with E-state index in [9.17, 15) is 0 Å². The number of hydrogen-bond donors (Lipinski definition) is 1. The van der Waals surface area contributed by atoms with Crippen molar-refractivity contribution in [2.75, 3.05) is 12.8 Å². The molecular weight excluding hydrogens is 298 g/mol. The second-order valence-electron chi connectivity index (χ2n) is 4.00. The fraction of sp³-hybridized carbons (Fsp3) is 0.364. The number of halogens is 1. The Morgan fingerprint density at radius 2 is 2.22 bits per heavy atom. The van der Waals surface area contributed by atoms with E-state index in [0.717, 1.165) is 10.0 Å². The summed E-state index contributed by atoms with van der Waals surface area (Å²) in [4.78, 5) is 0. The van der Waals surface area contributed by atoms with Crippen LogP contribution in [0.2, 0.25) is 0 Å². The molecule has 1 aromatic heterocycles. The van der Waals surface area contributed by atoms with E-state index in [1.165, 1.54) is 0 Å². The van der Waals surface area contributed by atoms with Crippen LogP contribution in [0.5, 0.6) is 0 Å². The van der Waals surface area contributed by atoms with Crippen molar-refractivity contribution < 1.29 is 4.74 Å². The summed E-state index contributed by atoms with van der Waals surface area (Å²) < 4.78 is 7.81. The van der Waals surface area contributed by atoms with Gasteiger partial charge in [-0.2, -0.15) is 0 Å². The quantitative estimate of drug-likeness (QED) is 0.870. The number of tetrazole rings is 1. The first-order chi connectivity index (χ1) is 8.60. The summed E-state index contributed by atoms with van der Waals surface area (Å²) in [5.41, 5.74) is 7.34. The van der Waals surface area contributed by atoms with Gasteiger partial charge in [-0.3, -0.25) is 0 Å². The third kappa shape index (κ3) is 2.85. The third-order valence-corrected chi connectivity index (χ3v) is 3.00. The summed E-state index contributed by atoms with van der Waals surface area (Å²) in [5.74, 6) is 0.673. The summed E-state index contributed by atoms with van der Waals surface area (Å²) in [6.07, 6.45) is 0.0387. The first-order valence-corrected chi connectivity index (χ1v) is 6.25. The highest BCUT2D eigenvalue weighted by molar-refractivity contribution is 9.10. The molecule has 2 rings (SSSR count). The van der Waals surface area contributed by atoms with E-state index in [2.05, 4.69) is 31.5 Å². The highest BCUT2D eigenvalue weighted by atomic mass is 79.9. The van der Waals surface area contributed by atoms with E-state index in [1.54, 1.807) is 11.8 Å². The molecular formula is C11H14BrN5O. The Labute approximate surface area is 113 Å². The molecule has 6 nitrogen and oxygen atoms in total. The van der Waals surface area contributed by atoms with E-state index >= 15 is 0 Å². The Morgan fingerprint density at radius 1 is 1.44 bits per heavy atom. The maximum Gasteiger partial charge on any atom is 0.182 e. The molecule has 0 bridgehead atoms. The maximum atomic E-state index is 5.81. The zero-order valence-electron chi connectivity index (χ0n) is 10.2. The van der Waals surface area contributed by atoms with Gasteiger partial charge < -0.3 is 10.5 Å². The molecule has 1 heterocycles. The number of aromatic nitrogens is 4. The number of benzene rings is 1. The Balaban J connectivity index is 2.36. The molecule has 0 aliphatic carbocycles. The molecule has 0 fully saturated rings. The fourth-order valence-corrected chi connectivity index (χ4v) is 2.10. The second kappa shape index (κ2) is 5.45. The lowest BCUT2D eigenvalue weighted by Crippen LogP contribution is -2.16. The van der Waals surface area contributed by atoms with Gasteiger partial charge in [0.15, 0.2) is 5.82 Å². The predicted octanol–water partition coefficient (Wildman–Crippen LogP) is 1.72. The number of methoxy groups -OCH3 is 1. The summed E-state index contributed by atoms with van der Waals surface area (Å²) in [6, 6.07) is 5.59. The van der Waals surface area contributed by atoms with Crippen LogP contribution in [0.3, 0.4) is 0 Å². The molecule has 2 aromatic rings. The summed E-state index contributed by atoms with van der Waals surface area (Å²) >= 11 is 3.41. The predicted molar refractivity (Wildman–Crippen MR) is 71.8 cm³/mol. The zero-order chi connectivity index (χ0) is 13.1. The van der Waals surface area contributed by atoms with Crippen LogP contribution < -0.4 is 5.73 Å². The molecule has 2 N–H and O–H groups in total. The van der Waals surface area contributed by atoms with Crippen LogP contribution in [0.25, 0.3) is 11.4 Å². The van der Waals surface area contributed by atoms with Crippen LogP contribution in [-0.4, -0.2) is 33.4 Å². The highest BCUT2D eigenvalue weighted by Gasteiger charge is 2.12. The Kier molecular flexibility index (Phi) is 3.93. The minimum Gasteiger partial charge on any atom is -0.399 e. The minimum absolute atomic E-state index is 0.0387. The molecule has 0 aliphatic rings. The first-order valence-electron chi connectivity index (χ1n) is 5.45. The summed E-state index contributed by atoms with van der Waals surface area (Å²) in [6.45, 7) is 2.55. The van der Waals surface area contributed by atoms with Crippen LogP contribution in [0.15, 0.2) is 22.7 Å². The van der Waals surface area contributed by atoms with Crippen molar-refractivity contribution in [3.8, 4) is 11.4 Å². The molecule has 1 atom stereocenters.